The van der Waals surface area contributed by atoms with E-state index < -0.39 is 45.3 Å². The van der Waals surface area contributed by atoms with E-state index in [1.54, 1.807) is 0 Å². The van der Waals surface area contributed by atoms with Gasteiger partial charge in [-0.3, -0.25) is 10.1 Å². The number of rotatable bonds is 4. The van der Waals surface area contributed by atoms with Crippen LogP contribution in [0.25, 0.3) is 11.1 Å². The molecule has 0 aliphatic carbocycles. The van der Waals surface area contributed by atoms with Gasteiger partial charge >= 0.3 is 17.9 Å². The molecule has 0 unspecified atom stereocenters. The second kappa shape index (κ2) is 6.78. The zero-order valence-electron chi connectivity index (χ0n) is 13.1. The van der Waals surface area contributed by atoms with Crippen molar-refractivity contribution in [2.75, 3.05) is 12.4 Å². The van der Waals surface area contributed by atoms with Gasteiger partial charge in [-0.1, -0.05) is 6.07 Å². The van der Waals surface area contributed by atoms with Gasteiger partial charge in [0.05, 0.1) is 29.4 Å². The van der Waals surface area contributed by atoms with Crippen LogP contribution in [0, 0.1) is 10.1 Å². The van der Waals surface area contributed by atoms with E-state index in [-0.39, 0.29) is 11.4 Å². The molecule has 2 rings (SSSR count). The van der Waals surface area contributed by atoms with Crippen LogP contribution in [0.4, 0.5) is 29.3 Å². The van der Waals surface area contributed by atoms with Crippen molar-refractivity contribution < 1.29 is 32.7 Å². The zero-order valence-corrected chi connectivity index (χ0v) is 13.1. The highest BCUT2D eigenvalue weighted by molar-refractivity contribution is 5.96. The summed E-state index contributed by atoms with van der Waals surface area (Å²) in [5.74, 6) is -1.17. The molecule has 0 saturated carbocycles. The highest BCUT2D eigenvalue weighted by Crippen LogP contribution is 2.47. The van der Waals surface area contributed by atoms with Gasteiger partial charge in [-0.05, 0) is 18.2 Å². The number of methoxy groups -OCH3 is 1. The topological polar surface area (TPSA) is 128 Å². The van der Waals surface area contributed by atoms with Crippen molar-refractivity contribution in [2.45, 2.75) is 6.18 Å². The third kappa shape index (κ3) is 3.61. The lowest BCUT2D eigenvalue weighted by Crippen LogP contribution is -2.20. The van der Waals surface area contributed by atoms with E-state index in [0.29, 0.717) is 6.07 Å². The van der Waals surface area contributed by atoms with Crippen LogP contribution in [0.5, 0.6) is 11.5 Å². The molecule has 2 amide bonds. The number of urea groups is 1. The lowest BCUT2D eigenvalue weighted by molar-refractivity contribution is -0.385. The molecule has 26 heavy (non-hydrogen) atoms. The number of primary amides is 1. The summed E-state index contributed by atoms with van der Waals surface area (Å²) in [5, 5.41) is 23.1. The molecule has 0 atom stereocenters. The summed E-state index contributed by atoms with van der Waals surface area (Å²) < 4.78 is 45.0. The van der Waals surface area contributed by atoms with Gasteiger partial charge in [-0.15, -0.1) is 0 Å². The van der Waals surface area contributed by atoms with E-state index in [2.05, 4.69) is 0 Å². The average Bonchev–Trinajstić information content (AvgIpc) is 2.53. The maximum atomic E-state index is 13.4. The van der Waals surface area contributed by atoms with Gasteiger partial charge in [0, 0.05) is 11.1 Å². The lowest BCUT2D eigenvalue weighted by atomic mass is 9.95. The van der Waals surface area contributed by atoms with E-state index in [0.717, 1.165) is 31.4 Å². The summed E-state index contributed by atoms with van der Waals surface area (Å²) in [7, 11) is 1.08. The average molecular weight is 371 g/mol. The Morgan fingerprint density at radius 2 is 2.00 bits per heavy atom. The predicted octanol–water partition coefficient (Wildman–Crippen LogP) is 3.49. The number of nitrogens with zero attached hydrogens (tertiary/aromatic N) is 1. The largest absolute Gasteiger partial charge is 0.507 e. The quantitative estimate of drug-likeness (QED) is 0.560. The number of phenols is 1. The number of anilines is 1. The van der Waals surface area contributed by atoms with E-state index in [1.807, 2.05) is 5.32 Å². The number of benzene rings is 2. The molecule has 138 valence electrons. The Bertz CT molecular complexity index is 884. The van der Waals surface area contributed by atoms with Crippen LogP contribution in [0.15, 0.2) is 30.3 Å². The predicted molar refractivity (Wildman–Crippen MR) is 85.0 cm³/mol. The molecule has 2 aromatic carbocycles. The standard InChI is InChI=1S/C15H12F3N3O5/c1-26-12-5-7(11(22)6-10(12)21(24)25)13-8(15(16,17)18)3-2-4-9(13)20-14(19)23/h2-6,22H,1H3,(H3,19,20,23). The molecule has 0 spiro atoms. The third-order valence-corrected chi connectivity index (χ3v) is 3.39. The minimum atomic E-state index is -4.84. The molecule has 0 saturated heterocycles. The molecular weight excluding hydrogens is 359 g/mol. The summed E-state index contributed by atoms with van der Waals surface area (Å²) in [6.07, 6.45) is -4.84. The number of nitrogens with one attached hydrogen (secondary N) is 1. The van der Waals surface area contributed by atoms with Gasteiger partial charge in [-0.25, -0.2) is 4.79 Å². The Labute approximate surface area is 144 Å². The van der Waals surface area contributed by atoms with Crippen LogP contribution in [-0.4, -0.2) is 23.2 Å². The molecule has 4 N–H and O–H groups in total. The van der Waals surface area contributed by atoms with Crippen LogP contribution >= 0.6 is 0 Å². The fourth-order valence-electron chi connectivity index (χ4n) is 2.38. The number of nitro benzene ring substituents is 1. The van der Waals surface area contributed by atoms with Crippen molar-refractivity contribution in [3.63, 3.8) is 0 Å². The maximum Gasteiger partial charge on any atom is 0.417 e. The smallest absolute Gasteiger partial charge is 0.417 e. The number of carbonyl (C=O) groups is 1. The number of carbonyl (C=O) groups excluding carboxylic acids is 1. The highest BCUT2D eigenvalue weighted by Gasteiger charge is 2.36. The number of hydrogen-bond donors (Lipinski definition) is 3. The first-order valence-corrected chi connectivity index (χ1v) is 6.88. The number of ether oxygens (including phenoxy) is 1. The van der Waals surface area contributed by atoms with Crippen LogP contribution in [0.2, 0.25) is 0 Å². The van der Waals surface area contributed by atoms with Crippen LogP contribution in [0.1, 0.15) is 5.56 Å². The first-order valence-electron chi connectivity index (χ1n) is 6.88. The molecule has 0 bridgehead atoms. The van der Waals surface area contributed by atoms with Crippen LogP contribution in [-0.2, 0) is 6.18 Å². The van der Waals surface area contributed by atoms with Crippen molar-refractivity contribution >= 4 is 17.4 Å². The maximum absolute atomic E-state index is 13.4. The zero-order chi connectivity index (χ0) is 19.6. The minimum Gasteiger partial charge on any atom is -0.507 e. The van der Waals surface area contributed by atoms with Gasteiger partial charge in [-0.2, -0.15) is 13.2 Å². The monoisotopic (exact) mass is 371 g/mol. The number of aromatic hydroxyl groups is 1. The number of nitrogens with two attached hydrogens (primary N) is 1. The number of halogens is 3. The van der Waals surface area contributed by atoms with E-state index in [4.69, 9.17) is 10.5 Å². The molecule has 11 heteroatoms. The third-order valence-electron chi connectivity index (χ3n) is 3.39. The Morgan fingerprint density at radius 3 is 2.50 bits per heavy atom. The van der Waals surface area contributed by atoms with E-state index in [1.165, 1.54) is 0 Å². The molecule has 0 aromatic heterocycles. The van der Waals surface area contributed by atoms with Crippen molar-refractivity contribution in [1.82, 2.24) is 0 Å². The minimum absolute atomic E-state index is 0.335. The van der Waals surface area contributed by atoms with Gasteiger partial charge in [0.15, 0.2) is 5.75 Å². The Morgan fingerprint density at radius 1 is 1.35 bits per heavy atom. The summed E-state index contributed by atoms with van der Waals surface area (Å²) in [6.45, 7) is 0. The summed E-state index contributed by atoms with van der Waals surface area (Å²) >= 11 is 0. The second-order valence-electron chi connectivity index (χ2n) is 5.01. The Kier molecular flexibility index (Phi) is 4.91. The van der Waals surface area contributed by atoms with E-state index in [9.17, 15) is 33.2 Å². The first kappa shape index (κ1) is 18.8. The SMILES string of the molecule is COc1cc(-c2c(NC(N)=O)cccc2C(F)(F)F)c(O)cc1[N+](=O)[O-]. The molecule has 0 fully saturated rings. The Balaban J connectivity index is 2.86. The van der Waals surface area contributed by atoms with Crippen LogP contribution < -0.4 is 15.8 Å². The fourth-order valence-corrected chi connectivity index (χ4v) is 2.38. The van der Waals surface area contributed by atoms with Gasteiger partial charge in [0.1, 0.15) is 5.75 Å². The molecule has 0 radical (unpaired) electrons. The highest BCUT2D eigenvalue weighted by atomic mass is 19.4. The van der Waals surface area contributed by atoms with Gasteiger partial charge in [0.25, 0.3) is 0 Å². The first-order chi connectivity index (χ1) is 12.1. The molecule has 0 heterocycles. The van der Waals surface area contributed by atoms with Crippen molar-refractivity contribution in [3.05, 3.63) is 46.0 Å². The molecule has 8 nitrogen and oxygen atoms in total. The summed E-state index contributed by atoms with van der Waals surface area (Å²) in [4.78, 5) is 21.2. The fraction of sp³-hybridized carbons (Fsp3) is 0.133. The summed E-state index contributed by atoms with van der Waals surface area (Å²) in [5.41, 5.74) is 1.79. The lowest BCUT2D eigenvalue weighted by Gasteiger charge is -2.18. The normalized spacial score (nSPS) is 11.1. The number of phenolic OH excluding ortho intramolecular Hbond substituents is 1. The second-order valence-corrected chi connectivity index (χ2v) is 5.01. The summed E-state index contributed by atoms with van der Waals surface area (Å²) in [6, 6.07) is 3.33. The number of amides is 2. The van der Waals surface area contributed by atoms with Crippen LogP contribution in [0.3, 0.4) is 0 Å². The molecule has 0 aliphatic heterocycles. The number of alkyl halides is 3. The van der Waals surface area contributed by atoms with Gasteiger partial charge in [0.2, 0.25) is 0 Å². The Hall–Kier alpha value is -3.50. The van der Waals surface area contributed by atoms with Crippen molar-refractivity contribution in [1.29, 1.82) is 0 Å². The molecular formula is C15H12F3N3O5. The van der Waals surface area contributed by atoms with E-state index >= 15 is 0 Å². The van der Waals surface area contributed by atoms with Gasteiger partial charge < -0.3 is 20.9 Å². The van der Waals surface area contributed by atoms with Crippen molar-refractivity contribution in [2.24, 2.45) is 5.73 Å². The molecule has 0 aliphatic rings. The number of nitro groups is 1. The van der Waals surface area contributed by atoms with Crippen molar-refractivity contribution in [3.8, 4) is 22.6 Å². The number of hydrogen-bond acceptors (Lipinski definition) is 5. The molecule has 2 aromatic rings.